The van der Waals surface area contributed by atoms with E-state index < -0.39 is 10.0 Å². The minimum Gasteiger partial charge on any atom is -0.495 e. The van der Waals surface area contributed by atoms with Gasteiger partial charge in [0, 0.05) is 13.1 Å². The Hall–Kier alpha value is -1.11. The van der Waals surface area contributed by atoms with Crippen molar-refractivity contribution < 1.29 is 18.3 Å². The smallest absolute Gasteiger partial charge is 0.246 e. The lowest BCUT2D eigenvalue weighted by Gasteiger charge is -2.18. The first-order valence-corrected chi connectivity index (χ1v) is 7.20. The molecule has 0 aliphatic heterocycles. The van der Waals surface area contributed by atoms with Gasteiger partial charge in [-0.1, -0.05) is 6.07 Å². The summed E-state index contributed by atoms with van der Waals surface area (Å²) < 4.78 is 31.3. The van der Waals surface area contributed by atoms with Crippen LogP contribution in [0.3, 0.4) is 0 Å². The van der Waals surface area contributed by atoms with Gasteiger partial charge in [0.2, 0.25) is 10.0 Å². The van der Waals surface area contributed by atoms with E-state index in [-0.39, 0.29) is 23.3 Å². The molecule has 0 heterocycles. The van der Waals surface area contributed by atoms with Crippen LogP contribution < -0.4 is 4.74 Å². The molecule has 6 heteroatoms. The van der Waals surface area contributed by atoms with Crippen LogP contribution in [0.5, 0.6) is 5.75 Å². The molecule has 1 saturated carbocycles. The highest BCUT2D eigenvalue weighted by molar-refractivity contribution is 7.89. The van der Waals surface area contributed by atoms with Crippen molar-refractivity contribution in [3.05, 3.63) is 23.8 Å². The first-order chi connectivity index (χ1) is 8.50. The molecule has 0 spiro atoms. The van der Waals surface area contributed by atoms with Crippen LogP contribution in [-0.2, 0) is 16.6 Å². The monoisotopic (exact) mass is 271 g/mol. The fourth-order valence-electron chi connectivity index (χ4n) is 1.81. The van der Waals surface area contributed by atoms with Crippen molar-refractivity contribution in [2.24, 2.45) is 0 Å². The summed E-state index contributed by atoms with van der Waals surface area (Å²) in [5.74, 6) is 0.272. The second-order valence-corrected chi connectivity index (χ2v) is 6.36. The van der Waals surface area contributed by atoms with Gasteiger partial charge in [-0.2, -0.15) is 4.31 Å². The highest BCUT2D eigenvalue weighted by Crippen LogP contribution is 2.34. The van der Waals surface area contributed by atoms with E-state index in [0.717, 1.165) is 12.8 Å². The van der Waals surface area contributed by atoms with Gasteiger partial charge < -0.3 is 9.84 Å². The predicted octanol–water partition coefficient (Wildman–Crippen LogP) is 0.970. The van der Waals surface area contributed by atoms with E-state index in [4.69, 9.17) is 9.84 Å². The van der Waals surface area contributed by atoms with Crippen LogP contribution in [0.1, 0.15) is 18.4 Å². The summed E-state index contributed by atoms with van der Waals surface area (Å²) in [6.07, 6.45) is 1.82. The normalized spacial score (nSPS) is 16.0. The second-order valence-electron chi connectivity index (χ2n) is 4.40. The summed E-state index contributed by atoms with van der Waals surface area (Å²) in [6.45, 7) is -0.144. The van der Waals surface area contributed by atoms with Crippen molar-refractivity contribution in [3.8, 4) is 5.75 Å². The quantitative estimate of drug-likeness (QED) is 0.866. The summed E-state index contributed by atoms with van der Waals surface area (Å²) in [5, 5.41) is 9.04. The van der Waals surface area contributed by atoms with E-state index in [0.29, 0.717) is 5.56 Å². The third kappa shape index (κ3) is 2.36. The Morgan fingerprint density at radius 1 is 1.44 bits per heavy atom. The molecule has 1 N–H and O–H groups in total. The molecule has 0 aromatic heterocycles. The number of aliphatic hydroxyl groups is 1. The van der Waals surface area contributed by atoms with Crippen LogP contribution in [0.2, 0.25) is 0 Å². The predicted molar refractivity (Wildman–Crippen MR) is 66.9 cm³/mol. The number of sulfonamides is 1. The van der Waals surface area contributed by atoms with Crippen molar-refractivity contribution in [1.82, 2.24) is 4.31 Å². The van der Waals surface area contributed by atoms with Crippen LogP contribution in [0.4, 0.5) is 0 Å². The molecular weight excluding hydrogens is 254 g/mol. The average Bonchev–Trinajstić information content (AvgIpc) is 3.21. The van der Waals surface area contributed by atoms with Crippen molar-refractivity contribution in [3.63, 3.8) is 0 Å². The van der Waals surface area contributed by atoms with Crippen molar-refractivity contribution >= 4 is 10.0 Å². The maximum absolute atomic E-state index is 12.4. The molecule has 1 aliphatic rings. The third-order valence-electron chi connectivity index (χ3n) is 3.13. The Morgan fingerprint density at radius 2 is 2.11 bits per heavy atom. The van der Waals surface area contributed by atoms with E-state index in [1.54, 1.807) is 19.2 Å². The maximum atomic E-state index is 12.4. The Balaban J connectivity index is 2.43. The van der Waals surface area contributed by atoms with Crippen LogP contribution in [0.15, 0.2) is 23.1 Å². The zero-order chi connectivity index (χ0) is 13.3. The minimum absolute atomic E-state index is 0.109. The summed E-state index contributed by atoms with van der Waals surface area (Å²) in [4.78, 5) is 0.150. The summed E-state index contributed by atoms with van der Waals surface area (Å²) in [7, 11) is -0.504. The second kappa shape index (κ2) is 4.87. The lowest BCUT2D eigenvalue weighted by Crippen LogP contribution is -2.29. The van der Waals surface area contributed by atoms with Crippen LogP contribution >= 0.6 is 0 Å². The molecule has 1 aromatic rings. The highest BCUT2D eigenvalue weighted by atomic mass is 32.2. The van der Waals surface area contributed by atoms with E-state index in [1.165, 1.54) is 17.5 Å². The molecule has 18 heavy (non-hydrogen) atoms. The summed E-state index contributed by atoms with van der Waals surface area (Å²) in [6, 6.07) is 4.74. The first-order valence-electron chi connectivity index (χ1n) is 5.76. The van der Waals surface area contributed by atoms with Crippen molar-refractivity contribution in [2.45, 2.75) is 30.4 Å². The zero-order valence-electron chi connectivity index (χ0n) is 10.5. The van der Waals surface area contributed by atoms with Gasteiger partial charge in [-0.15, -0.1) is 0 Å². The molecule has 0 saturated heterocycles. The number of rotatable bonds is 5. The Morgan fingerprint density at radius 3 is 2.61 bits per heavy atom. The number of ether oxygens (including phenoxy) is 1. The molecule has 2 rings (SSSR count). The van der Waals surface area contributed by atoms with Gasteiger partial charge >= 0.3 is 0 Å². The standard InChI is InChI=1S/C12H17NO4S/c1-13(10-4-5-10)18(15,16)12-6-3-9(8-14)7-11(12)17-2/h3,6-7,10,14H,4-5,8H2,1-2H3. The molecule has 5 nitrogen and oxygen atoms in total. The SMILES string of the molecule is COc1cc(CO)ccc1S(=O)(=O)N(C)C1CC1. The molecular formula is C12H17NO4S. The molecule has 100 valence electrons. The van der Waals surface area contributed by atoms with Gasteiger partial charge in [-0.05, 0) is 30.5 Å². The number of benzene rings is 1. The number of hydrogen-bond acceptors (Lipinski definition) is 4. The minimum atomic E-state index is -3.52. The third-order valence-corrected chi connectivity index (χ3v) is 5.08. The number of methoxy groups -OCH3 is 1. The van der Waals surface area contributed by atoms with Gasteiger partial charge in [0.1, 0.15) is 10.6 Å². The van der Waals surface area contributed by atoms with Crippen LogP contribution in [0, 0.1) is 0 Å². The zero-order valence-corrected chi connectivity index (χ0v) is 11.3. The van der Waals surface area contributed by atoms with Crippen LogP contribution in [-0.4, -0.2) is 38.0 Å². The average molecular weight is 271 g/mol. The van der Waals surface area contributed by atoms with Crippen molar-refractivity contribution in [2.75, 3.05) is 14.2 Å². The first kappa shape index (κ1) is 13.3. The largest absolute Gasteiger partial charge is 0.495 e. The molecule has 0 radical (unpaired) electrons. The summed E-state index contributed by atoms with van der Waals surface area (Å²) in [5.41, 5.74) is 0.625. The van der Waals surface area contributed by atoms with E-state index in [1.807, 2.05) is 0 Å². The molecule has 1 aromatic carbocycles. The molecule has 0 amide bonds. The van der Waals surface area contributed by atoms with Gasteiger partial charge in [0.15, 0.2) is 0 Å². The molecule has 0 unspecified atom stereocenters. The molecule has 1 aliphatic carbocycles. The van der Waals surface area contributed by atoms with Gasteiger partial charge in [-0.3, -0.25) is 0 Å². The Kier molecular flexibility index (Phi) is 3.61. The van der Waals surface area contributed by atoms with E-state index in [9.17, 15) is 8.42 Å². The van der Waals surface area contributed by atoms with Gasteiger partial charge in [0.05, 0.1) is 13.7 Å². The maximum Gasteiger partial charge on any atom is 0.246 e. The lowest BCUT2D eigenvalue weighted by molar-refractivity contribution is 0.280. The topological polar surface area (TPSA) is 66.8 Å². The number of aliphatic hydroxyl groups excluding tert-OH is 1. The molecule has 1 fully saturated rings. The van der Waals surface area contributed by atoms with E-state index in [2.05, 4.69) is 0 Å². The van der Waals surface area contributed by atoms with Crippen molar-refractivity contribution in [1.29, 1.82) is 0 Å². The fraction of sp³-hybridized carbons (Fsp3) is 0.500. The Bertz CT molecular complexity index is 537. The molecule has 0 bridgehead atoms. The fourth-order valence-corrected chi connectivity index (χ4v) is 3.36. The van der Waals surface area contributed by atoms with E-state index >= 15 is 0 Å². The number of nitrogens with zero attached hydrogens (tertiary/aromatic N) is 1. The Labute approximate surface area is 107 Å². The summed E-state index contributed by atoms with van der Waals surface area (Å²) >= 11 is 0. The highest BCUT2D eigenvalue weighted by Gasteiger charge is 2.36. The number of hydrogen-bond donors (Lipinski definition) is 1. The van der Waals surface area contributed by atoms with Gasteiger partial charge in [-0.25, -0.2) is 8.42 Å². The van der Waals surface area contributed by atoms with Crippen LogP contribution in [0.25, 0.3) is 0 Å². The lowest BCUT2D eigenvalue weighted by atomic mass is 10.2. The van der Waals surface area contributed by atoms with Gasteiger partial charge in [0.25, 0.3) is 0 Å². The molecule has 0 atom stereocenters.